The molecular weight excluding hydrogens is 289 g/mol. The van der Waals surface area contributed by atoms with E-state index in [9.17, 15) is 4.79 Å². The highest BCUT2D eigenvalue weighted by molar-refractivity contribution is 6.35. The quantitative estimate of drug-likeness (QED) is 0.665. The number of nitrogens with zero attached hydrogens (tertiary/aromatic N) is 1. The van der Waals surface area contributed by atoms with Crippen LogP contribution in [0.1, 0.15) is 12.8 Å². The average molecular weight is 302 g/mol. The smallest absolute Gasteiger partial charge is 0.330 e. The molecule has 0 fully saturated rings. The van der Waals surface area contributed by atoms with E-state index in [1.807, 2.05) is 0 Å². The Morgan fingerprint density at radius 3 is 2.95 bits per heavy atom. The van der Waals surface area contributed by atoms with E-state index >= 15 is 0 Å². The maximum atomic E-state index is 11.3. The first-order valence-electron chi connectivity index (χ1n) is 5.71. The molecular formula is C12H13Cl2N3O2. The minimum Gasteiger partial charge on any atom is -0.467 e. The topological polar surface area (TPSA) is 62.7 Å². The van der Waals surface area contributed by atoms with Gasteiger partial charge in [0.15, 0.2) is 0 Å². The van der Waals surface area contributed by atoms with Gasteiger partial charge >= 0.3 is 5.97 Å². The Morgan fingerprint density at radius 1 is 1.42 bits per heavy atom. The van der Waals surface area contributed by atoms with E-state index in [0.29, 0.717) is 34.4 Å². The molecule has 0 saturated heterocycles. The van der Waals surface area contributed by atoms with Crippen LogP contribution >= 0.6 is 23.2 Å². The molecule has 1 atom stereocenters. The molecule has 1 aliphatic heterocycles. The van der Waals surface area contributed by atoms with E-state index in [1.165, 1.54) is 7.11 Å². The molecule has 7 heteroatoms. The fourth-order valence-electron chi connectivity index (χ4n) is 1.72. The predicted octanol–water partition coefficient (Wildman–Crippen LogP) is 2.64. The third-order valence-electron chi connectivity index (χ3n) is 2.71. The molecule has 19 heavy (non-hydrogen) atoms. The first-order chi connectivity index (χ1) is 9.10. The first-order valence-corrected chi connectivity index (χ1v) is 6.47. The lowest BCUT2D eigenvalue weighted by atomic mass is 10.2. The number of aliphatic imine (C=N–C) groups is 1. The lowest BCUT2D eigenvalue weighted by molar-refractivity contribution is -0.141. The Bertz CT molecular complexity index is 520. The molecule has 0 saturated carbocycles. The van der Waals surface area contributed by atoms with Gasteiger partial charge in [-0.2, -0.15) is 0 Å². The fraction of sp³-hybridized carbons (Fsp3) is 0.333. The summed E-state index contributed by atoms with van der Waals surface area (Å²) in [5.41, 5.74) is 6.50. The van der Waals surface area contributed by atoms with Crippen LogP contribution < -0.4 is 10.9 Å². The van der Waals surface area contributed by atoms with E-state index in [0.717, 1.165) is 0 Å². The zero-order valence-corrected chi connectivity index (χ0v) is 11.8. The number of esters is 1. The molecule has 102 valence electrons. The maximum absolute atomic E-state index is 11.3. The Morgan fingerprint density at radius 2 is 2.21 bits per heavy atom. The molecule has 1 heterocycles. The molecule has 0 aromatic heterocycles. The molecule has 1 unspecified atom stereocenters. The number of carbonyl (C=O) groups is 1. The molecule has 1 aromatic carbocycles. The monoisotopic (exact) mass is 301 g/mol. The van der Waals surface area contributed by atoms with Crippen molar-refractivity contribution in [3.8, 4) is 0 Å². The van der Waals surface area contributed by atoms with Gasteiger partial charge in [-0.1, -0.05) is 23.2 Å². The standard InChI is InChI=1S/C12H13Cl2N3O2/c1-19-12(18)9-4-5-11(15-9)17-16-10-6-7(13)2-3-8(10)14/h2-3,6,9,16H,4-5H2,1H3,(H,15,17). The van der Waals surface area contributed by atoms with Crippen molar-refractivity contribution in [2.45, 2.75) is 18.9 Å². The maximum Gasteiger partial charge on any atom is 0.330 e. The second kappa shape index (κ2) is 6.12. The Hall–Kier alpha value is -1.46. The second-order valence-electron chi connectivity index (χ2n) is 4.03. The molecule has 0 bridgehead atoms. The molecule has 2 rings (SSSR count). The predicted molar refractivity (Wildman–Crippen MR) is 75.7 cm³/mol. The number of nitrogens with one attached hydrogen (secondary N) is 2. The largest absolute Gasteiger partial charge is 0.467 e. The molecule has 0 aliphatic carbocycles. The number of rotatable bonds is 3. The van der Waals surface area contributed by atoms with Crippen molar-refractivity contribution >= 4 is 40.7 Å². The number of benzene rings is 1. The fourth-order valence-corrected chi connectivity index (χ4v) is 2.06. The van der Waals surface area contributed by atoms with E-state index < -0.39 is 6.04 Å². The first kappa shape index (κ1) is 14.0. The number of hydrogen-bond acceptors (Lipinski definition) is 5. The van der Waals surface area contributed by atoms with E-state index in [1.54, 1.807) is 18.2 Å². The van der Waals surface area contributed by atoms with Crippen LogP contribution in [-0.4, -0.2) is 25.0 Å². The summed E-state index contributed by atoms with van der Waals surface area (Å²) >= 11 is 11.9. The second-order valence-corrected chi connectivity index (χ2v) is 4.87. The van der Waals surface area contributed by atoms with Gasteiger partial charge in [-0.05, 0) is 24.6 Å². The van der Waals surface area contributed by atoms with Crippen molar-refractivity contribution in [2.75, 3.05) is 12.5 Å². The van der Waals surface area contributed by atoms with Gasteiger partial charge in [-0.15, -0.1) is 0 Å². The molecule has 5 nitrogen and oxygen atoms in total. The summed E-state index contributed by atoms with van der Waals surface area (Å²) in [5.74, 6) is 0.365. The Labute approximate surface area is 120 Å². The number of hydrazine groups is 1. The van der Waals surface area contributed by atoms with Gasteiger partial charge in [-0.3, -0.25) is 15.8 Å². The number of hydrogen-bond donors (Lipinski definition) is 2. The molecule has 2 N–H and O–H groups in total. The molecule has 0 spiro atoms. The lowest BCUT2D eigenvalue weighted by Gasteiger charge is -2.10. The zero-order chi connectivity index (χ0) is 13.8. The number of halogens is 2. The minimum atomic E-state index is -0.427. The number of ether oxygens (including phenoxy) is 1. The molecule has 1 aromatic rings. The average Bonchev–Trinajstić information content (AvgIpc) is 2.88. The van der Waals surface area contributed by atoms with Crippen molar-refractivity contribution in [3.05, 3.63) is 28.2 Å². The van der Waals surface area contributed by atoms with E-state index in [2.05, 4.69) is 20.6 Å². The SMILES string of the molecule is COC(=O)C1CCC(NNc2cc(Cl)ccc2Cl)=N1. The van der Waals surface area contributed by atoms with Crippen molar-refractivity contribution in [1.82, 2.24) is 5.43 Å². The normalized spacial score (nSPS) is 17.8. The van der Waals surface area contributed by atoms with Crippen LogP contribution in [0.15, 0.2) is 23.2 Å². The van der Waals surface area contributed by atoms with Crippen LogP contribution in [0.5, 0.6) is 0 Å². The minimum absolute atomic E-state index is 0.322. The highest BCUT2D eigenvalue weighted by atomic mass is 35.5. The summed E-state index contributed by atoms with van der Waals surface area (Å²) in [4.78, 5) is 15.5. The van der Waals surface area contributed by atoms with Gasteiger partial charge in [0.25, 0.3) is 0 Å². The summed E-state index contributed by atoms with van der Waals surface area (Å²) in [7, 11) is 1.35. The van der Waals surface area contributed by atoms with Gasteiger partial charge in [0, 0.05) is 11.4 Å². The lowest BCUT2D eigenvalue weighted by Crippen LogP contribution is -2.28. The Balaban J connectivity index is 1.96. The summed E-state index contributed by atoms with van der Waals surface area (Å²) < 4.78 is 4.65. The van der Waals surface area contributed by atoms with Crippen LogP contribution in [0.25, 0.3) is 0 Å². The molecule has 0 radical (unpaired) electrons. The van der Waals surface area contributed by atoms with Gasteiger partial charge < -0.3 is 4.74 Å². The van der Waals surface area contributed by atoms with Crippen LogP contribution in [0.2, 0.25) is 10.0 Å². The van der Waals surface area contributed by atoms with Crippen LogP contribution in [0.4, 0.5) is 5.69 Å². The van der Waals surface area contributed by atoms with Crippen LogP contribution in [-0.2, 0) is 9.53 Å². The summed E-state index contributed by atoms with van der Waals surface area (Å²) in [5, 5.41) is 1.12. The summed E-state index contributed by atoms with van der Waals surface area (Å²) in [6, 6.07) is 4.67. The third kappa shape index (κ3) is 3.52. The summed E-state index contributed by atoms with van der Waals surface area (Å²) in [6.45, 7) is 0. The van der Waals surface area contributed by atoms with Crippen molar-refractivity contribution in [3.63, 3.8) is 0 Å². The molecule has 0 amide bonds. The van der Waals surface area contributed by atoms with E-state index in [-0.39, 0.29) is 5.97 Å². The van der Waals surface area contributed by atoms with Gasteiger partial charge in [0.05, 0.1) is 17.8 Å². The van der Waals surface area contributed by atoms with Gasteiger partial charge in [0.2, 0.25) is 0 Å². The number of carbonyl (C=O) groups excluding carboxylic acids is 1. The number of amidine groups is 1. The summed E-state index contributed by atoms with van der Waals surface area (Å²) in [6.07, 6.45) is 1.31. The van der Waals surface area contributed by atoms with Crippen LogP contribution in [0.3, 0.4) is 0 Å². The highest BCUT2D eigenvalue weighted by Gasteiger charge is 2.24. The van der Waals surface area contributed by atoms with Crippen molar-refractivity contribution < 1.29 is 9.53 Å². The number of anilines is 1. The van der Waals surface area contributed by atoms with E-state index in [4.69, 9.17) is 23.2 Å². The Kier molecular flexibility index (Phi) is 4.50. The zero-order valence-electron chi connectivity index (χ0n) is 10.2. The van der Waals surface area contributed by atoms with Crippen molar-refractivity contribution in [2.24, 2.45) is 4.99 Å². The van der Waals surface area contributed by atoms with Crippen molar-refractivity contribution in [1.29, 1.82) is 0 Å². The number of methoxy groups -OCH3 is 1. The van der Waals surface area contributed by atoms with Gasteiger partial charge in [-0.25, -0.2) is 4.79 Å². The van der Waals surface area contributed by atoms with Crippen LogP contribution in [0, 0.1) is 0 Å². The molecule has 1 aliphatic rings. The highest BCUT2D eigenvalue weighted by Crippen LogP contribution is 2.24. The third-order valence-corrected chi connectivity index (χ3v) is 3.27. The van der Waals surface area contributed by atoms with Gasteiger partial charge in [0.1, 0.15) is 11.9 Å².